The molecule has 0 aromatic rings. The van der Waals surface area contributed by atoms with Crippen LogP contribution >= 0.6 is 0 Å². The molecule has 1 saturated heterocycles. The molecule has 1 fully saturated rings. The molecule has 1 unspecified atom stereocenters. The molecule has 0 saturated carbocycles. The Labute approximate surface area is 105 Å². The Kier molecular flexibility index (Phi) is 7.04. The van der Waals surface area contributed by atoms with Gasteiger partial charge in [0.2, 0.25) is 0 Å². The molecular weight excluding hydrogens is 216 g/mol. The van der Waals surface area contributed by atoms with E-state index in [2.05, 4.69) is 24.1 Å². The van der Waals surface area contributed by atoms with Crippen LogP contribution in [0.5, 0.6) is 0 Å². The number of ether oxygens (including phenoxy) is 1. The van der Waals surface area contributed by atoms with Crippen molar-refractivity contribution in [1.29, 1.82) is 0 Å². The summed E-state index contributed by atoms with van der Waals surface area (Å²) in [7, 11) is 1.68. The van der Waals surface area contributed by atoms with E-state index in [1.165, 1.54) is 32.5 Å². The van der Waals surface area contributed by atoms with Crippen LogP contribution in [0, 0.1) is 5.92 Å². The lowest BCUT2D eigenvalue weighted by atomic mass is 10.0. The highest BCUT2D eigenvalue weighted by Crippen LogP contribution is 2.12. The minimum atomic E-state index is 0.0849. The maximum absolute atomic E-state index is 9.21. The third kappa shape index (κ3) is 5.82. The van der Waals surface area contributed by atoms with Crippen LogP contribution in [0.4, 0.5) is 0 Å². The van der Waals surface area contributed by atoms with Gasteiger partial charge in [-0.1, -0.05) is 13.8 Å². The molecule has 1 rings (SSSR count). The van der Waals surface area contributed by atoms with Gasteiger partial charge in [0.05, 0.1) is 19.3 Å². The Balaban J connectivity index is 2.22. The first kappa shape index (κ1) is 14.9. The van der Waals surface area contributed by atoms with E-state index in [-0.39, 0.29) is 12.6 Å². The number of piperidine rings is 1. The highest BCUT2D eigenvalue weighted by Gasteiger charge is 2.21. The van der Waals surface area contributed by atoms with Crippen molar-refractivity contribution in [3.63, 3.8) is 0 Å². The number of methoxy groups -OCH3 is 1. The lowest BCUT2D eigenvalue weighted by molar-refractivity contribution is 0.107. The maximum Gasteiger partial charge on any atom is 0.0638 e. The van der Waals surface area contributed by atoms with E-state index in [1.54, 1.807) is 7.11 Å². The number of likely N-dealkylation sites (tertiary alicyclic amines) is 1. The van der Waals surface area contributed by atoms with Crippen molar-refractivity contribution in [2.24, 2.45) is 5.92 Å². The quantitative estimate of drug-likeness (QED) is 0.692. The minimum absolute atomic E-state index is 0.0849. The summed E-state index contributed by atoms with van der Waals surface area (Å²) in [6.07, 6.45) is 2.35. The van der Waals surface area contributed by atoms with E-state index in [0.717, 1.165) is 5.92 Å². The van der Waals surface area contributed by atoms with E-state index in [0.29, 0.717) is 12.6 Å². The summed E-state index contributed by atoms with van der Waals surface area (Å²) < 4.78 is 5.08. The molecule has 0 aromatic carbocycles. The second-order valence-electron chi connectivity index (χ2n) is 5.47. The summed E-state index contributed by atoms with van der Waals surface area (Å²) in [5, 5.41) is 12.7. The van der Waals surface area contributed by atoms with E-state index in [1.807, 2.05) is 0 Å². The molecule has 4 heteroatoms. The van der Waals surface area contributed by atoms with Crippen molar-refractivity contribution < 1.29 is 9.84 Å². The number of hydrogen-bond donors (Lipinski definition) is 2. The summed E-state index contributed by atoms with van der Waals surface area (Å²) in [6.45, 7) is 8.81. The molecule has 0 aromatic heterocycles. The first-order valence-electron chi connectivity index (χ1n) is 6.74. The third-order valence-corrected chi connectivity index (χ3v) is 3.27. The molecule has 1 atom stereocenters. The number of hydrogen-bond acceptors (Lipinski definition) is 4. The van der Waals surface area contributed by atoms with Crippen LogP contribution in [0.15, 0.2) is 0 Å². The standard InChI is InChI=1S/C13H28N2O2/c1-11(2)8-15-6-4-12(5-7-15)14-13(9-16)10-17-3/h11-14,16H,4-10H2,1-3H3. The van der Waals surface area contributed by atoms with Gasteiger partial charge in [-0.25, -0.2) is 0 Å². The predicted octanol–water partition coefficient (Wildman–Crippen LogP) is 0.704. The van der Waals surface area contributed by atoms with Gasteiger partial charge in [0.25, 0.3) is 0 Å². The van der Waals surface area contributed by atoms with Crippen LogP contribution < -0.4 is 5.32 Å². The average Bonchev–Trinajstić information content (AvgIpc) is 2.30. The first-order chi connectivity index (χ1) is 8.15. The van der Waals surface area contributed by atoms with Gasteiger partial charge in [0.15, 0.2) is 0 Å². The lowest BCUT2D eigenvalue weighted by Crippen LogP contribution is -2.49. The Bertz CT molecular complexity index is 192. The molecule has 0 aliphatic carbocycles. The van der Waals surface area contributed by atoms with Crippen LogP contribution in [0.3, 0.4) is 0 Å². The topological polar surface area (TPSA) is 44.7 Å². The van der Waals surface area contributed by atoms with Gasteiger partial charge in [-0.05, 0) is 31.8 Å². The van der Waals surface area contributed by atoms with Crippen LogP contribution in [-0.2, 0) is 4.74 Å². The van der Waals surface area contributed by atoms with Crippen molar-refractivity contribution in [2.45, 2.75) is 38.8 Å². The molecule has 1 aliphatic rings. The molecule has 4 nitrogen and oxygen atoms in total. The highest BCUT2D eigenvalue weighted by molar-refractivity contribution is 4.80. The predicted molar refractivity (Wildman–Crippen MR) is 70.2 cm³/mol. The van der Waals surface area contributed by atoms with Gasteiger partial charge < -0.3 is 20.1 Å². The highest BCUT2D eigenvalue weighted by atomic mass is 16.5. The van der Waals surface area contributed by atoms with Crippen LogP contribution in [0.25, 0.3) is 0 Å². The molecule has 0 radical (unpaired) electrons. The van der Waals surface area contributed by atoms with Crippen molar-refractivity contribution >= 4 is 0 Å². The molecule has 1 heterocycles. The Morgan fingerprint density at radius 1 is 1.35 bits per heavy atom. The zero-order chi connectivity index (χ0) is 12.7. The van der Waals surface area contributed by atoms with Gasteiger partial charge in [-0.3, -0.25) is 0 Å². The molecule has 102 valence electrons. The molecule has 0 amide bonds. The Hall–Kier alpha value is -0.160. The van der Waals surface area contributed by atoms with E-state index in [4.69, 9.17) is 4.74 Å². The lowest BCUT2D eigenvalue weighted by Gasteiger charge is -2.34. The van der Waals surface area contributed by atoms with Crippen LogP contribution in [0.1, 0.15) is 26.7 Å². The fourth-order valence-corrected chi connectivity index (χ4v) is 2.49. The fraction of sp³-hybridized carbons (Fsp3) is 1.00. The minimum Gasteiger partial charge on any atom is -0.395 e. The van der Waals surface area contributed by atoms with E-state index >= 15 is 0 Å². The first-order valence-corrected chi connectivity index (χ1v) is 6.74. The monoisotopic (exact) mass is 244 g/mol. The van der Waals surface area contributed by atoms with Gasteiger partial charge in [0.1, 0.15) is 0 Å². The third-order valence-electron chi connectivity index (χ3n) is 3.27. The fourth-order valence-electron chi connectivity index (χ4n) is 2.49. The zero-order valence-electron chi connectivity index (χ0n) is 11.5. The average molecular weight is 244 g/mol. The van der Waals surface area contributed by atoms with Crippen molar-refractivity contribution in [3.05, 3.63) is 0 Å². The second-order valence-corrected chi connectivity index (χ2v) is 5.47. The number of nitrogens with zero attached hydrogens (tertiary/aromatic N) is 1. The number of aliphatic hydroxyl groups is 1. The van der Waals surface area contributed by atoms with E-state index in [9.17, 15) is 5.11 Å². The summed E-state index contributed by atoms with van der Waals surface area (Å²) in [4.78, 5) is 2.53. The molecular formula is C13H28N2O2. The largest absolute Gasteiger partial charge is 0.395 e. The smallest absolute Gasteiger partial charge is 0.0638 e. The molecule has 1 aliphatic heterocycles. The maximum atomic E-state index is 9.21. The molecule has 0 bridgehead atoms. The van der Waals surface area contributed by atoms with Crippen molar-refractivity contribution in [1.82, 2.24) is 10.2 Å². The number of rotatable bonds is 7. The van der Waals surface area contributed by atoms with Gasteiger partial charge in [-0.15, -0.1) is 0 Å². The van der Waals surface area contributed by atoms with Gasteiger partial charge >= 0.3 is 0 Å². The summed E-state index contributed by atoms with van der Waals surface area (Å²) >= 11 is 0. The van der Waals surface area contributed by atoms with Crippen molar-refractivity contribution in [3.8, 4) is 0 Å². The summed E-state index contributed by atoms with van der Waals surface area (Å²) in [6, 6.07) is 0.618. The van der Waals surface area contributed by atoms with Crippen LogP contribution in [-0.4, -0.2) is 62.0 Å². The Morgan fingerprint density at radius 2 is 2.00 bits per heavy atom. The second kappa shape index (κ2) is 8.03. The molecule has 17 heavy (non-hydrogen) atoms. The van der Waals surface area contributed by atoms with Gasteiger partial charge in [0, 0.05) is 19.7 Å². The zero-order valence-corrected chi connectivity index (χ0v) is 11.5. The van der Waals surface area contributed by atoms with E-state index < -0.39 is 0 Å². The summed E-state index contributed by atoms with van der Waals surface area (Å²) in [5.41, 5.74) is 0. The van der Waals surface area contributed by atoms with Gasteiger partial charge in [-0.2, -0.15) is 0 Å². The Morgan fingerprint density at radius 3 is 2.47 bits per heavy atom. The molecule has 2 N–H and O–H groups in total. The van der Waals surface area contributed by atoms with Crippen LogP contribution in [0.2, 0.25) is 0 Å². The SMILES string of the molecule is COCC(CO)NC1CCN(CC(C)C)CC1. The normalized spacial score (nSPS) is 21.0. The summed E-state index contributed by atoms with van der Waals surface area (Å²) in [5.74, 6) is 0.748. The van der Waals surface area contributed by atoms with Crippen molar-refractivity contribution in [2.75, 3.05) is 40.0 Å². The number of nitrogens with one attached hydrogen (secondary N) is 1. The molecule has 0 spiro atoms. The number of aliphatic hydroxyl groups excluding tert-OH is 1.